The van der Waals surface area contributed by atoms with E-state index < -0.39 is 0 Å². The molecule has 1 fully saturated rings. The lowest BCUT2D eigenvalue weighted by atomic mass is 9.83. The molecule has 1 spiro atoms. The van der Waals surface area contributed by atoms with Crippen LogP contribution in [-0.4, -0.2) is 13.6 Å². The van der Waals surface area contributed by atoms with Gasteiger partial charge in [0.15, 0.2) is 0 Å². The molecule has 1 aromatic rings. The second kappa shape index (κ2) is 3.07. The predicted molar refractivity (Wildman–Crippen MR) is 61.0 cm³/mol. The highest BCUT2D eigenvalue weighted by atomic mass is 32.1. The molecule has 0 saturated heterocycles. The number of aryl methyl sites for hydroxylation is 1. The van der Waals surface area contributed by atoms with Crippen LogP contribution in [-0.2, 0) is 11.8 Å². The maximum atomic E-state index is 3.33. The standard InChI is InChI=1S/C12H17NS/c1-13-8-9-7-12(9)5-2-3-11-10(12)4-6-14-11/h4,6,9,13H,2-3,5,7-8H2,1H3. The Morgan fingerprint density at radius 1 is 1.64 bits per heavy atom. The van der Waals surface area contributed by atoms with Crippen molar-refractivity contribution in [2.24, 2.45) is 5.92 Å². The van der Waals surface area contributed by atoms with Crippen molar-refractivity contribution in [1.29, 1.82) is 0 Å². The van der Waals surface area contributed by atoms with E-state index in [1.165, 1.54) is 32.2 Å². The second-order valence-corrected chi connectivity index (χ2v) is 5.73. The minimum absolute atomic E-state index is 0.608. The van der Waals surface area contributed by atoms with Gasteiger partial charge in [-0.1, -0.05) is 0 Å². The maximum Gasteiger partial charge on any atom is 0.00829 e. The normalized spacial score (nSPS) is 34.5. The van der Waals surface area contributed by atoms with Crippen molar-refractivity contribution in [3.63, 3.8) is 0 Å². The quantitative estimate of drug-likeness (QED) is 0.786. The van der Waals surface area contributed by atoms with Crippen molar-refractivity contribution in [1.82, 2.24) is 5.32 Å². The summed E-state index contributed by atoms with van der Waals surface area (Å²) in [4.78, 5) is 1.68. The number of fused-ring (bicyclic) bond motifs is 2. The summed E-state index contributed by atoms with van der Waals surface area (Å²) in [5, 5.41) is 5.61. The van der Waals surface area contributed by atoms with Gasteiger partial charge in [0.2, 0.25) is 0 Å². The Labute approximate surface area is 89.5 Å². The van der Waals surface area contributed by atoms with E-state index >= 15 is 0 Å². The van der Waals surface area contributed by atoms with Crippen LogP contribution < -0.4 is 5.32 Å². The zero-order valence-electron chi connectivity index (χ0n) is 8.68. The largest absolute Gasteiger partial charge is 0.319 e. The van der Waals surface area contributed by atoms with E-state index in [0.717, 1.165) is 5.92 Å². The molecule has 1 heterocycles. The molecule has 2 atom stereocenters. The molecule has 14 heavy (non-hydrogen) atoms. The van der Waals surface area contributed by atoms with Crippen LogP contribution in [0.15, 0.2) is 11.4 Å². The van der Waals surface area contributed by atoms with Crippen LogP contribution >= 0.6 is 11.3 Å². The number of hydrogen-bond donors (Lipinski definition) is 1. The topological polar surface area (TPSA) is 12.0 Å². The molecule has 1 aromatic heterocycles. The van der Waals surface area contributed by atoms with E-state index in [0.29, 0.717) is 5.41 Å². The first-order valence-electron chi connectivity index (χ1n) is 5.58. The highest BCUT2D eigenvalue weighted by molar-refractivity contribution is 7.10. The molecular weight excluding hydrogens is 190 g/mol. The lowest BCUT2D eigenvalue weighted by molar-refractivity contribution is 0.493. The van der Waals surface area contributed by atoms with Crippen molar-refractivity contribution < 1.29 is 0 Å². The number of hydrogen-bond acceptors (Lipinski definition) is 2. The summed E-state index contributed by atoms with van der Waals surface area (Å²) < 4.78 is 0. The molecule has 1 saturated carbocycles. The van der Waals surface area contributed by atoms with Crippen molar-refractivity contribution in [2.75, 3.05) is 13.6 Å². The lowest BCUT2D eigenvalue weighted by Crippen LogP contribution is -2.21. The molecule has 2 unspecified atom stereocenters. The van der Waals surface area contributed by atoms with Crippen molar-refractivity contribution >= 4 is 11.3 Å². The zero-order valence-corrected chi connectivity index (χ0v) is 9.49. The van der Waals surface area contributed by atoms with Crippen molar-refractivity contribution in [2.45, 2.75) is 31.1 Å². The van der Waals surface area contributed by atoms with Crippen molar-refractivity contribution in [3.05, 3.63) is 21.9 Å². The van der Waals surface area contributed by atoms with Crippen LogP contribution in [0.2, 0.25) is 0 Å². The van der Waals surface area contributed by atoms with Crippen LogP contribution in [0.4, 0.5) is 0 Å². The smallest absolute Gasteiger partial charge is 0.00829 e. The Bertz CT molecular complexity index is 344. The molecule has 0 bridgehead atoms. The predicted octanol–water partition coefficient (Wildman–Crippen LogP) is 2.56. The van der Waals surface area contributed by atoms with Crippen LogP contribution in [0, 0.1) is 5.92 Å². The minimum Gasteiger partial charge on any atom is -0.319 e. The third-order valence-electron chi connectivity index (χ3n) is 3.99. The summed E-state index contributed by atoms with van der Waals surface area (Å²) in [6.45, 7) is 1.20. The van der Waals surface area contributed by atoms with E-state index in [1.807, 2.05) is 11.3 Å². The SMILES string of the molecule is CNCC1CC12CCCc1sccc12. The number of nitrogens with one attached hydrogen (secondary N) is 1. The number of rotatable bonds is 2. The summed E-state index contributed by atoms with van der Waals surface area (Å²) in [5.74, 6) is 0.918. The summed E-state index contributed by atoms with van der Waals surface area (Å²) in [6.07, 6.45) is 5.61. The first-order valence-corrected chi connectivity index (χ1v) is 6.46. The third kappa shape index (κ3) is 1.10. The molecule has 0 aromatic carbocycles. The Hall–Kier alpha value is -0.340. The van der Waals surface area contributed by atoms with Crippen molar-refractivity contribution in [3.8, 4) is 0 Å². The molecular formula is C12H17NS. The average Bonchev–Trinajstić information content (AvgIpc) is 2.65. The fourth-order valence-electron chi connectivity index (χ4n) is 3.21. The molecule has 0 amide bonds. The molecule has 0 radical (unpaired) electrons. The van der Waals surface area contributed by atoms with E-state index in [2.05, 4.69) is 23.8 Å². The van der Waals surface area contributed by atoms with Gasteiger partial charge in [-0.2, -0.15) is 0 Å². The van der Waals surface area contributed by atoms with Gasteiger partial charge in [0.25, 0.3) is 0 Å². The van der Waals surface area contributed by atoms with Gasteiger partial charge in [0.05, 0.1) is 0 Å². The third-order valence-corrected chi connectivity index (χ3v) is 4.97. The van der Waals surface area contributed by atoms with Gasteiger partial charge in [-0.05, 0) is 62.2 Å². The minimum atomic E-state index is 0.608. The summed E-state index contributed by atoms with van der Waals surface area (Å²) in [5.41, 5.74) is 2.31. The maximum absolute atomic E-state index is 3.33. The Morgan fingerprint density at radius 2 is 2.57 bits per heavy atom. The van der Waals surface area contributed by atoms with Crippen LogP contribution in [0.5, 0.6) is 0 Å². The molecule has 2 aliphatic carbocycles. The fourth-order valence-corrected chi connectivity index (χ4v) is 4.24. The van der Waals surface area contributed by atoms with Gasteiger partial charge in [0, 0.05) is 10.3 Å². The molecule has 3 rings (SSSR count). The number of thiophene rings is 1. The van der Waals surface area contributed by atoms with Gasteiger partial charge < -0.3 is 5.32 Å². The van der Waals surface area contributed by atoms with E-state index in [1.54, 1.807) is 10.4 Å². The fraction of sp³-hybridized carbons (Fsp3) is 0.667. The van der Waals surface area contributed by atoms with Gasteiger partial charge in [-0.15, -0.1) is 11.3 Å². The molecule has 1 N–H and O–H groups in total. The second-order valence-electron chi connectivity index (χ2n) is 4.73. The molecule has 2 aliphatic rings. The summed E-state index contributed by atoms with van der Waals surface area (Å²) in [6, 6.07) is 2.38. The molecule has 76 valence electrons. The van der Waals surface area contributed by atoms with Gasteiger partial charge in [-0.25, -0.2) is 0 Å². The first-order chi connectivity index (χ1) is 6.87. The van der Waals surface area contributed by atoms with E-state index in [4.69, 9.17) is 0 Å². The summed E-state index contributed by atoms with van der Waals surface area (Å²) in [7, 11) is 2.07. The van der Waals surface area contributed by atoms with Gasteiger partial charge in [0.1, 0.15) is 0 Å². The monoisotopic (exact) mass is 207 g/mol. The first kappa shape index (κ1) is 8.93. The van der Waals surface area contributed by atoms with Gasteiger partial charge >= 0.3 is 0 Å². The van der Waals surface area contributed by atoms with E-state index in [-0.39, 0.29) is 0 Å². The zero-order chi connectivity index (χ0) is 9.60. The van der Waals surface area contributed by atoms with Crippen LogP contribution in [0.3, 0.4) is 0 Å². The highest BCUT2D eigenvalue weighted by Gasteiger charge is 2.56. The average molecular weight is 207 g/mol. The molecule has 2 heteroatoms. The van der Waals surface area contributed by atoms with Crippen LogP contribution in [0.25, 0.3) is 0 Å². The Kier molecular flexibility index (Phi) is 1.96. The van der Waals surface area contributed by atoms with Crippen LogP contribution in [0.1, 0.15) is 29.7 Å². The van der Waals surface area contributed by atoms with Gasteiger partial charge in [-0.3, -0.25) is 0 Å². The Balaban J connectivity index is 1.91. The lowest BCUT2D eigenvalue weighted by Gasteiger charge is -2.23. The van der Waals surface area contributed by atoms with E-state index in [9.17, 15) is 0 Å². The molecule has 1 nitrogen and oxygen atoms in total. The summed E-state index contributed by atoms with van der Waals surface area (Å²) >= 11 is 1.97. The molecule has 0 aliphatic heterocycles. The highest BCUT2D eigenvalue weighted by Crippen LogP contribution is 2.60. The Morgan fingerprint density at radius 3 is 3.43 bits per heavy atom.